The Kier molecular flexibility index (Phi) is 6.17. The van der Waals surface area contributed by atoms with E-state index in [9.17, 15) is 0 Å². The predicted octanol–water partition coefficient (Wildman–Crippen LogP) is 0.700. The van der Waals surface area contributed by atoms with Crippen molar-refractivity contribution in [1.82, 2.24) is 10.4 Å². The van der Waals surface area contributed by atoms with Crippen LogP contribution in [0.15, 0.2) is 6.20 Å². The van der Waals surface area contributed by atoms with Crippen molar-refractivity contribution in [3.63, 3.8) is 0 Å². The van der Waals surface area contributed by atoms with Gasteiger partial charge in [0.15, 0.2) is 6.29 Å². The Morgan fingerprint density at radius 2 is 1.89 bits per heavy atom. The van der Waals surface area contributed by atoms with Crippen LogP contribution in [-0.2, 0) is 15.9 Å². The molecule has 0 aliphatic heterocycles. The van der Waals surface area contributed by atoms with Gasteiger partial charge in [-0.1, -0.05) is 0 Å². The summed E-state index contributed by atoms with van der Waals surface area (Å²) in [5.41, 5.74) is 5.63. The molecule has 0 saturated carbocycles. The van der Waals surface area contributed by atoms with Gasteiger partial charge in [-0.2, -0.15) is 0 Å². The Hall–Kier alpha value is -1.21. The largest absolute Gasteiger partial charge is 0.496 e. The molecule has 0 aromatic carbocycles. The van der Waals surface area contributed by atoms with E-state index in [4.69, 9.17) is 20.1 Å². The minimum absolute atomic E-state index is 0.186. The predicted molar refractivity (Wildman–Crippen MR) is 72.9 cm³/mol. The van der Waals surface area contributed by atoms with Crippen LogP contribution in [0.1, 0.15) is 16.8 Å². The molecule has 0 aliphatic carbocycles. The monoisotopic (exact) mass is 269 g/mol. The smallest absolute Gasteiger partial charge is 0.173 e. The summed E-state index contributed by atoms with van der Waals surface area (Å²) in [4.78, 5) is 4.44. The number of nitrogens with zero attached hydrogens (tertiary/aromatic N) is 1. The first-order chi connectivity index (χ1) is 9.08. The zero-order chi connectivity index (χ0) is 14.4. The molecule has 19 heavy (non-hydrogen) atoms. The number of aryl methyl sites for hydroxylation is 1. The van der Waals surface area contributed by atoms with Crippen LogP contribution in [0, 0.1) is 13.8 Å². The minimum Gasteiger partial charge on any atom is -0.496 e. The van der Waals surface area contributed by atoms with Gasteiger partial charge in [-0.25, -0.2) is 0 Å². The molecular weight excluding hydrogens is 246 g/mol. The van der Waals surface area contributed by atoms with Gasteiger partial charge < -0.3 is 14.2 Å². The van der Waals surface area contributed by atoms with Gasteiger partial charge >= 0.3 is 0 Å². The third-order valence-electron chi connectivity index (χ3n) is 3.17. The van der Waals surface area contributed by atoms with Crippen molar-refractivity contribution in [3.8, 4) is 5.75 Å². The number of aromatic nitrogens is 1. The van der Waals surface area contributed by atoms with Crippen molar-refractivity contribution < 1.29 is 14.2 Å². The summed E-state index contributed by atoms with van der Waals surface area (Å²) in [7, 11) is 4.81. The first-order valence-corrected chi connectivity index (χ1v) is 6.09. The lowest BCUT2D eigenvalue weighted by Gasteiger charge is -2.24. The van der Waals surface area contributed by atoms with Crippen molar-refractivity contribution in [2.45, 2.75) is 32.6 Å². The van der Waals surface area contributed by atoms with E-state index in [1.165, 1.54) is 0 Å². The van der Waals surface area contributed by atoms with Gasteiger partial charge in [0.2, 0.25) is 0 Å². The molecule has 3 N–H and O–H groups in total. The summed E-state index contributed by atoms with van der Waals surface area (Å²) < 4.78 is 15.8. The van der Waals surface area contributed by atoms with Crippen molar-refractivity contribution in [1.29, 1.82) is 0 Å². The van der Waals surface area contributed by atoms with Crippen molar-refractivity contribution in [3.05, 3.63) is 23.0 Å². The van der Waals surface area contributed by atoms with Crippen LogP contribution in [0.3, 0.4) is 0 Å². The average molecular weight is 269 g/mol. The van der Waals surface area contributed by atoms with E-state index in [1.807, 2.05) is 13.8 Å². The molecule has 0 bridgehead atoms. The van der Waals surface area contributed by atoms with Gasteiger partial charge in [0.1, 0.15) is 5.75 Å². The number of ether oxygens (including phenoxy) is 3. The molecule has 1 rings (SSSR count). The maximum atomic E-state index is 5.55. The van der Waals surface area contributed by atoms with Crippen LogP contribution in [0.4, 0.5) is 0 Å². The molecule has 108 valence electrons. The Labute approximate surface area is 114 Å². The molecule has 1 heterocycles. The molecule has 1 unspecified atom stereocenters. The van der Waals surface area contributed by atoms with E-state index >= 15 is 0 Å². The summed E-state index contributed by atoms with van der Waals surface area (Å²) in [6, 6.07) is -0.186. The second-order valence-corrected chi connectivity index (χ2v) is 4.36. The minimum atomic E-state index is -0.432. The van der Waals surface area contributed by atoms with Crippen molar-refractivity contribution in [2.75, 3.05) is 21.3 Å². The zero-order valence-electron chi connectivity index (χ0n) is 12.2. The van der Waals surface area contributed by atoms with E-state index < -0.39 is 6.29 Å². The first-order valence-electron chi connectivity index (χ1n) is 6.09. The summed E-state index contributed by atoms with van der Waals surface area (Å²) in [5, 5.41) is 0. The molecule has 6 nitrogen and oxygen atoms in total. The molecule has 0 radical (unpaired) electrons. The summed E-state index contributed by atoms with van der Waals surface area (Å²) in [5.74, 6) is 6.41. The Bertz CT molecular complexity index is 408. The van der Waals surface area contributed by atoms with Crippen LogP contribution in [0.5, 0.6) is 5.75 Å². The number of pyridine rings is 1. The second-order valence-electron chi connectivity index (χ2n) is 4.36. The number of hydrazine groups is 1. The number of nitrogens with two attached hydrogens (primary N) is 1. The fourth-order valence-electron chi connectivity index (χ4n) is 2.14. The second kappa shape index (κ2) is 7.40. The van der Waals surface area contributed by atoms with Crippen LogP contribution in [0.2, 0.25) is 0 Å². The number of hydrogen-bond donors (Lipinski definition) is 2. The third-order valence-corrected chi connectivity index (χ3v) is 3.17. The standard InChI is InChI=1S/C13H23N3O3/c1-8-7-15-10(9(2)12(8)17-3)6-11(16-14)13(18-4)19-5/h7,11,13,16H,6,14H2,1-5H3. The van der Waals surface area contributed by atoms with E-state index in [0.717, 1.165) is 22.6 Å². The van der Waals surface area contributed by atoms with Gasteiger partial charge in [-0.05, 0) is 13.8 Å². The van der Waals surface area contributed by atoms with Gasteiger partial charge in [-0.3, -0.25) is 16.3 Å². The SMILES string of the molecule is COc1c(C)cnc(CC(NN)C(OC)OC)c1C. The quantitative estimate of drug-likeness (QED) is 0.431. The molecule has 1 aromatic heterocycles. The third kappa shape index (κ3) is 3.63. The fourth-order valence-corrected chi connectivity index (χ4v) is 2.14. The van der Waals surface area contributed by atoms with Gasteiger partial charge in [0.25, 0.3) is 0 Å². The van der Waals surface area contributed by atoms with Crippen LogP contribution >= 0.6 is 0 Å². The van der Waals surface area contributed by atoms with Crippen LogP contribution < -0.4 is 16.0 Å². The Balaban J connectivity index is 2.97. The molecule has 0 aliphatic rings. The average Bonchev–Trinajstić information content (AvgIpc) is 2.42. The van der Waals surface area contributed by atoms with Gasteiger partial charge in [0.05, 0.1) is 13.2 Å². The lowest BCUT2D eigenvalue weighted by Crippen LogP contribution is -2.47. The summed E-state index contributed by atoms with van der Waals surface area (Å²) in [6.45, 7) is 3.95. The molecule has 0 fully saturated rings. The molecule has 6 heteroatoms. The first kappa shape index (κ1) is 15.8. The lowest BCUT2D eigenvalue weighted by molar-refractivity contribution is -0.122. The topological polar surface area (TPSA) is 78.6 Å². The number of nitrogens with one attached hydrogen (secondary N) is 1. The molecule has 0 spiro atoms. The lowest BCUT2D eigenvalue weighted by atomic mass is 10.0. The zero-order valence-corrected chi connectivity index (χ0v) is 12.2. The number of hydrogen-bond acceptors (Lipinski definition) is 6. The summed E-state index contributed by atoms with van der Waals surface area (Å²) >= 11 is 0. The number of methoxy groups -OCH3 is 3. The normalized spacial score (nSPS) is 12.8. The van der Waals surface area contributed by atoms with E-state index in [1.54, 1.807) is 27.5 Å². The molecule has 1 aromatic rings. The van der Waals surface area contributed by atoms with Crippen molar-refractivity contribution in [2.24, 2.45) is 5.84 Å². The van der Waals surface area contributed by atoms with E-state index in [-0.39, 0.29) is 6.04 Å². The molecular formula is C13H23N3O3. The van der Waals surface area contributed by atoms with E-state index in [0.29, 0.717) is 6.42 Å². The van der Waals surface area contributed by atoms with Gasteiger partial charge in [-0.15, -0.1) is 0 Å². The fraction of sp³-hybridized carbons (Fsp3) is 0.615. The molecule has 0 saturated heterocycles. The van der Waals surface area contributed by atoms with Gasteiger partial charge in [0, 0.05) is 43.7 Å². The summed E-state index contributed by atoms with van der Waals surface area (Å²) in [6.07, 6.45) is 1.95. The Morgan fingerprint density at radius 1 is 1.26 bits per heavy atom. The highest BCUT2D eigenvalue weighted by atomic mass is 16.7. The van der Waals surface area contributed by atoms with Crippen molar-refractivity contribution >= 4 is 0 Å². The van der Waals surface area contributed by atoms with Crippen LogP contribution in [0.25, 0.3) is 0 Å². The highest BCUT2D eigenvalue weighted by Crippen LogP contribution is 2.25. The maximum absolute atomic E-state index is 5.55. The van der Waals surface area contributed by atoms with E-state index in [2.05, 4.69) is 10.4 Å². The highest BCUT2D eigenvalue weighted by molar-refractivity contribution is 5.41. The molecule has 1 atom stereocenters. The molecule has 0 amide bonds. The maximum Gasteiger partial charge on any atom is 0.173 e. The van der Waals surface area contributed by atoms with Crippen LogP contribution in [-0.4, -0.2) is 38.6 Å². The number of rotatable bonds is 7. The Morgan fingerprint density at radius 3 is 2.37 bits per heavy atom. The highest BCUT2D eigenvalue weighted by Gasteiger charge is 2.22.